The Hall–Kier alpha value is 0.490. The normalized spacial score (nSPS) is 11.8. The summed E-state index contributed by atoms with van der Waals surface area (Å²) in [5, 5.41) is -0.219. The molecule has 1 rings (SSSR count). The van der Waals surface area contributed by atoms with Gasteiger partial charge in [0.2, 0.25) is 0 Å². The fourth-order valence-corrected chi connectivity index (χ4v) is 2.94. The Morgan fingerprint density at radius 1 is 0.917 bits per heavy atom. The molecule has 0 aliphatic carbocycles. The van der Waals surface area contributed by atoms with Crippen LogP contribution in [0, 0.1) is 0 Å². The molecule has 1 aromatic carbocycles. The SMILES string of the molecule is [O-][P+]([O-])([O-])c1cc(Br)cc(Br)c1. The van der Waals surface area contributed by atoms with Gasteiger partial charge in [-0.2, -0.15) is 0 Å². The van der Waals surface area contributed by atoms with Gasteiger partial charge < -0.3 is 14.7 Å². The Labute approximate surface area is 86.9 Å². The van der Waals surface area contributed by atoms with Gasteiger partial charge in [0.25, 0.3) is 0 Å². The summed E-state index contributed by atoms with van der Waals surface area (Å²) in [6.07, 6.45) is 0. The van der Waals surface area contributed by atoms with Crippen molar-refractivity contribution in [2.45, 2.75) is 0 Å². The summed E-state index contributed by atoms with van der Waals surface area (Å²) in [5.74, 6) is 0. The first-order chi connectivity index (χ1) is 5.39. The van der Waals surface area contributed by atoms with Crippen molar-refractivity contribution in [3.63, 3.8) is 0 Å². The van der Waals surface area contributed by atoms with Gasteiger partial charge in [-0.25, -0.2) is 0 Å². The molecule has 0 aromatic heterocycles. The van der Waals surface area contributed by atoms with Crippen molar-refractivity contribution in [3.8, 4) is 0 Å². The highest BCUT2D eigenvalue weighted by molar-refractivity contribution is 9.11. The lowest BCUT2D eigenvalue weighted by Crippen LogP contribution is -2.40. The third-order valence-electron chi connectivity index (χ3n) is 1.16. The first-order valence-corrected chi connectivity index (χ1v) is 6.01. The van der Waals surface area contributed by atoms with Crippen LogP contribution < -0.4 is 20.0 Å². The molecule has 0 amide bonds. The molecule has 0 fully saturated rings. The van der Waals surface area contributed by atoms with E-state index >= 15 is 0 Å². The minimum absolute atomic E-state index is 0.219. The zero-order valence-corrected chi connectivity index (χ0v) is 9.73. The number of halogens is 2. The summed E-state index contributed by atoms with van der Waals surface area (Å²) in [5.41, 5.74) is 0. The van der Waals surface area contributed by atoms with E-state index in [0.717, 1.165) is 0 Å². The predicted molar refractivity (Wildman–Crippen MR) is 48.4 cm³/mol. The standard InChI is InChI=1S/C6H5Br2O3P/c7-4-1-5(8)3-6(2-4)12(9,10)11/h1-3H,(H2,9,10,11)/p-2. The fourth-order valence-electron chi connectivity index (χ4n) is 0.697. The Bertz CT molecular complexity index is 277. The lowest BCUT2D eigenvalue weighted by atomic mass is 10.4. The highest BCUT2D eigenvalue weighted by atomic mass is 79.9. The smallest absolute Gasteiger partial charge is 0.0786 e. The van der Waals surface area contributed by atoms with Crippen LogP contribution in [-0.4, -0.2) is 0 Å². The van der Waals surface area contributed by atoms with Gasteiger partial charge in [0.05, 0.1) is 5.30 Å². The molecule has 0 spiro atoms. The van der Waals surface area contributed by atoms with Gasteiger partial charge in [-0.05, 0) is 18.2 Å². The zero-order chi connectivity index (χ0) is 9.35. The van der Waals surface area contributed by atoms with Crippen LogP contribution in [0.3, 0.4) is 0 Å². The molecule has 0 radical (unpaired) electrons. The van der Waals surface area contributed by atoms with Crippen molar-refractivity contribution in [2.24, 2.45) is 0 Å². The van der Waals surface area contributed by atoms with Gasteiger partial charge in [0.15, 0.2) is 0 Å². The second-order valence-corrected chi connectivity index (χ2v) is 5.47. The maximum absolute atomic E-state index is 10.6. The van der Waals surface area contributed by atoms with Gasteiger partial charge >= 0.3 is 0 Å². The lowest BCUT2D eigenvalue weighted by Gasteiger charge is -2.41. The Morgan fingerprint density at radius 3 is 1.67 bits per heavy atom. The van der Waals surface area contributed by atoms with Crippen LogP contribution in [0.4, 0.5) is 0 Å². The van der Waals surface area contributed by atoms with Crippen LogP contribution in [0.5, 0.6) is 0 Å². The summed E-state index contributed by atoms with van der Waals surface area (Å²) >= 11 is 6.15. The van der Waals surface area contributed by atoms with Crippen LogP contribution in [0.15, 0.2) is 27.1 Å². The second-order valence-electron chi connectivity index (χ2n) is 2.13. The summed E-state index contributed by atoms with van der Waals surface area (Å²) in [7, 11) is -4.63. The van der Waals surface area contributed by atoms with Crippen LogP contribution in [0.1, 0.15) is 0 Å². The molecule has 0 N–H and O–H groups in total. The third kappa shape index (κ3) is 2.76. The maximum atomic E-state index is 10.6. The van der Waals surface area contributed by atoms with E-state index in [0.29, 0.717) is 8.95 Å². The summed E-state index contributed by atoms with van der Waals surface area (Å²) in [6.45, 7) is 0. The average Bonchev–Trinajstić information content (AvgIpc) is 1.82. The number of hydrogen-bond acceptors (Lipinski definition) is 3. The average molecular weight is 314 g/mol. The molecule has 0 aliphatic heterocycles. The first-order valence-electron chi connectivity index (χ1n) is 2.88. The van der Waals surface area contributed by atoms with Gasteiger partial charge in [0.1, 0.15) is 0 Å². The van der Waals surface area contributed by atoms with Crippen molar-refractivity contribution in [1.82, 2.24) is 0 Å². The van der Waals surface area contributed by atoms with Gasteiger partial charge in [0, 0.05) is 8.95 Å². The Balaban J connectivity index is 3.18. The van der Waals surface area contributed by atoms with Gasteiger partial charge in [-0.15, -0.1) is 7.94 Å². The highest BCUT2D eigenvalue weighted by Gasteiger charge is 2.05. The summed E-state index contributed by atoms with van der Waals surface area (Å²) < 4.78 is 1.11. The van der Waals surface area contributed by atoms with Crippen molar-refractivity contribution in [1.29, 1.82) is 0 Å². The zero-order valence-electron chi connectivity index (χ0n) is 5.66. The molecule has 3 nitrogen and oxygen atoms in total. The molecule has 0 bridgehead atoms. The minimum atomic E-state index is -4.63. The Kier molecular flexibility index (Phi) is 3.26. The van der Waals surface area contributed by atoms with Crippen LogP contribution in [0.25, 0.3) is 0 Å². The largest absolute Gasteiger partial charge is 0.683 e. The van der Waals surface area contributed by atoms with E-state index < -0.39 is 7.94 Å². The van der Waals surface area contributed by atoms with E-state index in [1.165, 1.54) is 12.1 Å². The number of rotatable bonds is 1. The van der Waals surface area contributed by atoms with Crippen LogP contribution in [0.2, 0.25) is 0 Å². The van der Waals surface area contributed by atoms with Crippen molar-refractivity contribution in [2.75, 3.05) is 0 Å². The molecule has 0 heterocycles. The predicted octanol–water partition coefficient (Wildman–Crippen LogP) is -0.320. The van der Waals surface area contributed by atoms with Crippen LogP contribution in [-0.2, 0) is 0 Å². The summed E-state index contributed by atoms with van der Waals surface area (Å²) in [6, 6.07) is 4.19. The first kappa shape index (κ1) is 10.6. The lowest BCUT2D eigenvalue weighted by molar-refractivity contribution is -0.421. The van der Waals surface area contributed by atoms with E-state index in [2.05, 4.69) is 31.9 Å². The topological polar surface area (TPSA) is 69.2 Å². The molecule has 0 unspecified atom stereocenters. The van der Waals surface area contributed by atoms with Crippen molar-refractivity contribution >= 4 is 45.1 Å². The van der Waals surface area contributed by atoms with E-state index in [-0.39, 0.29) is 5.30 Å². The number of hydrogen-bond donors (Lipinski definition) is 0. The second kappa shape index (κ2) is 3.70. The number of benzene rings is 1. The molecule has 6 heteroatoms. The van der Waals surface area contributed by atoms with Crippen molar-refractivity contribution in [3.05, 3.63) is 27.1 Å². The summed E-state index contributed by atoms with van der Waals surface area (Å²) in [4.78, 5) is 31.7. The van der Waals surface area contributed by atoms with E-state index in [9.17, 15) is 14.7 Å². The van der Waals surface area contributed by atoms with Crippen molar-refractivity contribution < 1.29 is 14.7 Å². The molecular weight excluding hydrogens is 311 g/mol. The molecule has 1 aromatic rings. The van der Waals surface area contributed by atoms with E-state index in [1.54, 1.807) is 6.07 Å². The third-order valence-corrected chi connectivity index (χ3v) is 2.97. The molecular formula is C6H3Br2O3P-2. The van der Waals surface area contributed by atoms with Gasteiger partial charge in [-0.1, -0.05) is 31.9 Å². The molecule has 0 atom stereocenters. The Morgan fingerprint density at radius 2 is 1.33 bits per heavy atom. The maximum Gasteiger partial charge on any atom is 0.0786 e. The molecule has 0 aliphatic rings. The molecule has 0 saturated carbocycles. The molecule has 66 valence electrons. The quantitative estimate of drug-likeness (QED) is 0.667. The van der Waals surface area contributed by atoms with Crippen LogP contribution >= 0.6 is 39.8 Å². The van der Waals surface area contributed by atoms with E-state index in [4.69, 9.17) is 0 Å². The monoisotopic (exact) mass is 312 g/mol. The van der Waals surface area contributed by atoms with E-state index in [1.807, 2.05) is 0 Å². The fraction of sp³-hybridized carbons (Fsp3) is 0. The molecule has 12 heavy (non-hydrogen) atoms. The van der Waals surface area contributed by atoms with Gasteiger partial charge in [-0.3, -0.25) is 0 Å². The highest BCUT2D eigenvalue weighted by Crippen LogP contribution is 2.29. The minimum Gasteiger partial charge on any atom is -0.683 e. The molecule has 0 saturated heterocycles.